The van der Waals surface area contributed by atoms with Gasteiger partial charge in [-0.3, -0.25) is 10.1 Å². The van der Waals surface area contributed by atoms with Gasteiger partial charge in [0.05, 0.1) is 18.7 Å². The molecular weight excluding hydrogens is 260 g/mol. The summed E-state index contributed by atoms with van der Waals surface area (Å²) in [5, 5.41) is 3.24. The summed E-state index contributed by atoms with van der Waals surface area (Å²) in [5.41, 5.74) is 1.12. The first kappa shape index (κ1) is 12.8. The van der Waals surface area contributed by atoms with Crippen LogP contribution in [0.5, 0.6) is 5.75 Å². The Morgan fingerprint density at radius 2 is 2.32 bits per heavy atom. The molecule has 2 atom stereocenters. The molecule has 102 valence electrons. The maximum absolute atomic E-state index is 12.5. The van der Waals surface area contributed by atoms with Crippen LogP contribution in [0.25, 0.3) is 0 Å². The normalized spacial score (nSPS) is 25.5. The summed E-state index contributed by atoms with van der Waals surface area (Å²) in [6, 6.07) is 8.10. The van der Waals surface area contributed by atoms with Gasteiger partial charge in [0.15, 0.2) is 0 Å². The monoisotopic (exact) mass is 278 g/mol. The zero-order chi connectivity index (χ0) is 13.2. The zero-order valence-electron chi connectivity index (χ0n) is 11.0. The summed E-state index contributed by atoms with van der Waals surface area (Å²) in [5.74, 6) is 2.83. The van der Waals surface area contributed by atoms with Crippen molar-refractivity contribution in [1.82, 2.24) is 10.2 Å². The molecule has 1 aromatic carbocycles. The Morgan fingerprint density at radius 1 is 1.47 bits per heavy atom. The van der Waals surface area contributed by atoms with Gasteiger partial charge in [-0.15, -0.1) is 11.8 Å². The van der Waals surface area contributed by atoms with Crippen LogP contribution in [0.1, 0.15) is 18.0 Å². The van der Waals surface area contributed by atoms with Crippen molar-refractivity contribution in [2.24, 2.45) is 0 Å². The average molecular weight is 278 g/mol. The summed E-state index contributed by atoms with van der Waals surface area (Å²) in [6.07, 6.45) is 0.860. The SMILES string of the molecule is CN(C(=O)C1CSCN1)C1CCOc2ccccc21. The molecule has 2 heterocycles. The van der Waals surface area contributed by atoms with Crippen LogP contribution in [0.2, 0.25) is 0 Å². The van der Waals surface area contributed by atoms with E-state index in [1.807, 2.05) is 30.1 Å². The number of likely N-dealkylation sites (N-methyl/N-ethyl adjacent to an activating group) is 1. The van der Waals surface area contributed by atoms with Gasteiger partial charge >= 0.3 is 0 Å². The molecule has 5 heteroatoms. The molecule has 1 amide bonds. The van der Waals surface area contributed by atoms with Crippen molar-refractivity contribution in [2.75, 3.05) is 25.3 Å². The lowest BCUT2D eigenvalue weighted by molar-refractivity contribution is -0.134. The van der Waals surface area contributed by atoms with Crippen molar-refractivity contribution in [3.63, 3.8) is 0 Å². The van der Waals surface area contributed by atoms with Gasteiger partial charge in [0, 0.05) is 30.7 Å². The van der Waals surface area contributed by atoms with Crippen LogP contribution in [0.4, 0.5) is 0 Å². The second-order valence-corrected chi connectivity index (χ2v) is 5.94. The van der Waals surface area contributed by atoms with Crippen molar-refractivity contribution >= 4 is 17.7 Å². The zero-order valence-corrected chi connectivity index (χ0v) is 11.8. The Labute approximate surface area is 117 Å². The largest absolute Gasteiger partial charge is 0.493 e. The van der Waals surface area contributed by atoms with E-state index in [4.69, 9.17) is 4.74 Å². The number of hydrogen-bond acceptors (Lipinski definition) is 4. The van der Waals surface area contributed by atoms with Crippen molar-refractivity contribution in [3.8, 4) is 5.75 Å². The number of nitrogens with one attached hydrogen (secondary N) is 1. The predicted molar refractivity (Wildman–Crippen MR) is 76.3 cm³/mol. The van der Waals surface area contributed by atoms with Gasteiger partial charge < -0.3 is 9.64 Å². The van der Waals surface area contributed by atoms with E-state index in [1.54, 1.807) is 11.8 Å². The Balaban J connectivity index is 1.80. The molecule has 0 spiro atoms. The van der Waals surface area contributed by atoms with E-state index >= 15 is 0 Å². The number of hydrogen-bond donors (Lipinski definition) is 1. The van der Waals surface area contributed by atoms with Crippen molar-refractivity contribution in [2.45, 2.75) is 18.5 Å². The van der Waals surface area contributed by atoms with Crippen LogP contribution in [0, 0.1) is 0 Å². The lowest BCUT2D eigenvalue weighted by Gasteiger charge is -2.34. The van der Waals surface area contributed by atoms with E-state index in [0.717, 1.165) is 29.4 Å². The number of amides is 1. The number of fused-ring (bicyclic) bond motifs is 1. The van der Waals surface area contributed by atoms with E-state index in [1.165, 1.54) is 0 Å². The second kappa shape index (κ2) is 5.43. The topological polar surface area (TPSA) is 41.6 Å². The number of carbonyl (C=O) groups excluding carboxylic acids is 1. The summed E-state index contributed by atoms with van der Waals surface area (Å²) in [4.78, 5) is 14.3. The minimum atomic E-state index is -0.0370. The number of para-hydroxylation sites is 1. The molecule has 0 aliphatic carbocycles. The smallest absolute Gasteiger partial charge is 0.240 e. The lowest BCUT2D eigenvalue weighted by atomic mass is 9.99. The van der Waals surface area contributed by atoms with Gasteiger partial charge in [-0.2, -0.15) is 0 Å². The quantitative estimate of drug-likeness (QED) is 0.893. The average Bonchev–Trinajstić information content (AvgIpc) is 2.99. The van der Waals surface area contributed by atoms with E-state index in [0.29, 0.717) is 6.61 Å². The van der Waals surface area contributed by atoms with E-state index < -0.39 is 0 Å². The van der Waals surface area contributed by atoms with Crippen LogP contribution in [0.3, 0.4) is 0 Å². The molecular formula is C14H18N2O2S. The number of nitrogens with zero attached hydrogens (tertiary/aromatic N) is 1. The molecule has 3 rings (SSSR count). The van der Waals surface area contributed by atoms with Crippen LogP contribution >= 0.6 is 11.8 Å². The number of carbonyl (C=O) groups is 1. The molecule has 1 aromatic rings. The summed E-state index contributed by atoms with van der Waals surface area (Å²) < 4.78 is 5.65. The van der Waals surface area contributed by atoms with Gasteiger partial charge in [-0.05, 0) is 6.07 Å². The molecule has 0 bridgehead atoms. The Morgan fingerprint density at radius 3 is 3.11 bits per heavy atom. The first-order valence-electron chi connectivity index (χ1n) is 6.57. The van der Waals surface area contributed by atoms with Crippen LogP contribution in [0.15, 0.2) is 24.3 Å². The molecule has 2 aliphatic rings. The first-order chi connectivity index (χ1) is 9.27. The highest BCUT2D eigenvalue weighted by Crippen LogP contribution is 2.35. The minimum absolute atomic E-state index is 0.0370. The van der Waals surface area contributed by atoms with E-state index in [-0.39, 0.29) is 18.0 Å². The molecule has 0 radical (unpaired) electrons. The summed E-state index contributed by atoms with van der Waals surface area (Å²) >= 11 is 1.78. The minimum Gasteiger partial charge on any atom is -0.493 e. The van der Waals surface area contributed by atoms with Crippen molar-refractivity contribution in [1.29, 1.82) is 0 Å². The third kappa shape index (κ3) is 2.44. The van der Waals surface area contributed by atoms with Crippen molar-refractivity contribution in [3.05, 3.63) is 29.8 Å². The number of thioether (sulfide) groups is 1. The standard InChI is InChI=1S/C14H18N2O2S/c1-16(14(17)11-8-19-9-15-11)12-6-7-18-13-5-3-2-4-10(12)13/h2-5,11-12,15H,6-9H2,1H3. The fraction of sp³-hybridized carbons (Fsp3) is 0.500. The molecule has 1 saturated heterocycles. The molecule has 2 unspecified atom stereocenters. The van der Waals surface area contributed by atoms with E-state index in [9.17, 15) is 4.79 Å². The van der Waals surface area contributed by atoms with Crippen LogP contribution in [-0.4, -0.2) is 42.1 Å². The first-order valence-corrected chi connectivity index (χ1v) is 7.72. The van der Waals surface area contributed by atoms with E-state index in [2.05, 4.69) is 11.4 Å². The van der Waals surface area contributed by atoms with Gasteiger partial charge in [0.1, 0.15) is 5.75 Å². The number of ether oxygens (including phenoxy) is 1. The molecule has 19 heavy (non-hydrogen) atoms. The summed E-state index contributed by atoms with van der Waals surface area (Å²) in [7, 11) is 1.90. The molecule has 2 aliphatic heterocycles. The van der Waals surface area contributed by atoms with Crippen LogP contribution < -0.4 is 10.1 Å². The predicted octanol–water partition coefficient (Wildman–Crippen LogP) is 1.63. The van der Waals surface area contributed by atoms with Crippen molar-refractivity contribution < 1.29 is 9.53 Å². The Hall–Kier alpha value is -1.20. The van der Waals surface area contributed by atoms with Gasteiger partial charge in [-0.1, -0.05) is 18.2 Å². The third-order valence-electron chi connectivity index (χ3n) is 3.76. The van der Waals surface area contributed by atoms with Gasteiger partial charge in [0.2, 0.25) is 5.91 Å². The highest BCUT2D eigenvalue weighted by molar-refractivity contribution is 7.99. The molecule has 0 aromatic heterocycles. The highest BCUT2D eigenvalue weighted by atomic mass is 32.2. The second-order valence-electron chi connectivity index (χ2n) is 4.91. The number of benzene rings is 1. The molecule has 1 N–H and O–H groups in total. The maximum Gasteiger partial charge on any atom is 0.240 e. The molecule has 0 saturated carbocycles. The number of rotatable bonds is 2. The fourth-order valence-electron chi connectivity index (χ4n) is 2.68. The third-order valence-corrected chi connectivity index (χ3v) is 4.70. The molecule has 1 fully saturated rings. The maximum atomic E-state index is 12.5. The lowest BCUT2D eigenvalue weighted by Crippen LogP contribution is -2.45. The summed E-state index contributed by atoms with van der Waals surface area (Å²) in [6.45, 7) is 0.673. The van der Waals surface area contributed by atoms with Gasteiger partial charge in [0.25, 0.3) is 0 Å². The molecule has 4 nitrogen and oxygen atoms in total. The van der Waals surface area contributed by atoms with Gasteiger partial charge in [-0.25, -0.2) is 0 Å². The van der Waals surface area contributed by atoms with Crippen LogP contribution in [-0.2, 0) is 4.79 Å². The highest BCUT2D eigenvalue weighted by Gasteiger charge is 2.32. The Bertz CT molecular complexity index is 474. The fourth-order valence-corrected chi connectivity index (χ4v) is 3.61. The Kier molecular flexibility index (Phi) is 3.66.